The summed E-state index contributed by atoms with van der Waals surface area (Å²) in [6.07, 6.45) is 2.43. The van der Waals surface area contributed by atoms with Gasteiger partial charge in [-0.05, 0) is 29.8 Å². The van der Waals surface area contributed by atoms with Crippen LogP contribution in [0, 0.1) is 0 Å². The number of nitrogens with zero attached hydrogens (tertiary/aromatic N) is 2. The molecule has 4 rings (SSSR count). The fraction of sp³-hybridized carbons (Fsp3) is 0.0833. The number of para-hydroxylation sites is 1. The monoisotopic (exact) mass is 463 g/mol. The Morgan fingerprint density at radius 2 is 1.56 bits per heavy atom. The van der Waals surface area contributed by atoms with Gasteiger partial charge in [0.1, 0.15) is 4.90 Å². The quantitative estimate of drug-likeness (QED) is 0.427. The van der Waals surface area contributed by atoms with Crippen LogP contribution in [0.5, 0.6) is 0 Å². The molecule has 0 bridgehead atoms. The first-order chi connectivity index (χ1) is 15.4. The van der Waals surface area contributed by atoms with Gasteiger partial charge in [0, 0.05) is 24.5 Å². The van der Waals surface area contributed by atoms with Crippen LogP contribution in [0.3, 0.4) is 0 Å². The number of rotatable bonds is 7. The lowest BCUT2D eigenvalue weighted by Crippen LogP contribution is -2.28. The van der Waals surface area contributed by atoms with Gasteiger partial charge in [-0.2, -0.15) is 0 Å². The van der Waals surface area contributed by atoms with Crippen LogP contribution in [0.2, 0.25) is 0 Å². The van der Waals surface area contributed by atoms with Crippen LogP contribution in [0.4, 0.5) is 10.8 Å². The zero-order chi connectivity index (χ0) is 22.6. The van der Waals surface area contributed by atoms with E-state index in [1.807, 2.05) is 36.4 Å². The Bertz CT molecular complexity index is 1320. The molecule has 0 unspecified atom stereocenters. The Balaban J connectivity index is 1.56. The van der Waals surface area contributed by atoms with E-state index in [-0.39, 0.29) is 10.5 Å². The number of carbonyl (C=O) groups excluding carboxylic acids is 1. The van der Waals surface area contributed by atoms with Gasteiger partial charge in [-0.15, -0.1) is 11.3 Å². The second kappa shape index (κ2) is 9.33. The van der Waals surface area contributed by atoms with Gasteiger partial charge in [0.15, 0.2) is 5.13 Å². The first-order valence-corrected chi connectivity index (χ1v) is 12.1. The van der Waals surface area contributed by atoms with E-state index in [9.17, 15) is 13.2 Å². The number of carbonyl (C=O) groups is 1. The van der Waals surface area contributed by atoms with Gasteiger partial charge in [-0.1, -0.05) is 60.7 Å². The number of hydrogen-bond donors (Lipinski definition) is 1. The molecule has 1 N–H and O–H groups in total. The summed E-state index contributed by atoms with van der Waals surface area (Å²) >= 11 is 1.36. The largest absolute Gasteiger partial charge is 0.298 e. The van der Waals surface area contributed by atoms with Gasteiger partial charge in [-0.3, -0.25) is 14.4 Å². The molecule has 3 aromatic carbocycles. The molecule has 0 aliphatic carbocycles. The minimum absolute atomic E-state index is 0.0649. The van der Waals surface area contributed by atoms with Gasteiger partial charge in [0.2, 0.25) is 0 Å². The topological polar surface area (TPSA) is 79.4 Å². The first-order valence-electron chi connectivity index (χ1n) is 9.88. The molecule has 0 aliphatic rings. The SMILES string of the molecule is CN(c1ccccc1)S(=O)(=O)c1ccccc1C(=O)Nc1ncc(Cc2ccccc2)s1. The summed E-state index contributed by atoms with van der Waals surface area (Å²) in [5.74, 6) is -0.522. The van der Waals surface area contributed by atoms with Crippen LogP contribution in [0.1, 0.15) is 20.8 Å². The molecule has 32 heavy (non-hydrogen) atoms. The predicted molar refractivity (Wildman–Crippen MR) is 128 cm³/mol. The Kier molecular flexibility index (Phi) is 6.34. The Morgan fingerprint density at radius 3 is 2.28 bits per heavy atom. The highest BCUT2D eigenvalue weighted by molar-refractivity contribution is 7.92. The van der Waals surface area contributed by atoms with E-state index < -0.39 is 15.9 Å². The molecule has 4 aromatic rings. The number of amides is 1. The van der Waals surface area contributed by atoms with Gasteiger partial charge in [-0.25, -0.2) is 13.4 Å². The van der Waals surface area contributed by atoms with Crippen molar-refractivity contribution in [3.63, 3.8) is 0 Å². The number of benzene rings is 3. The van der Waals surface area contributed by atoms with Crippen molar-refractivity contribution in [2.75, 3.05) is 16.7 Å². The normalized spacial score (nSPS) is 11.2. The van der Waals surface area contributed by atoms with Crippen LogP contribution in [-0.4, -0.2) is 26.4 Å². The molecule has 6 nitrogen and oxygen atoms in total. The van der Waals surface area contributed by atoms with Crippen LogP contribution >= 0.6 is 11.3 Å². The molecule has 0 radical (unpaired) electrons. The molecule has 0 saturated heterocycles. The number of thiazole rings is 1. The zero-order valence-corrected chi connectivity index (χ0v) is 18.9. The first kappa shape index (κ1) is 21.7. The van der Waals surface area contributed by atoms with E-state index in [2.05, 4.69) is 10.3 Å². The van der Waals surface area contributed by atoms with Gasteiger partial charge in [0.25, 0.3) is 15.9 Å². The van der Waals surface area contributed by atoms with Crippen LogP contribution < -0.4 is 9.62 Å². The second-order valence-corrected chi connectivity index (χ2v) is 10.1. The number of anilines is 2. The maximum Gasteiger partial charge on any atom is 0.264 e. The van der Waals surface area contributed by atoms with E-state index in [4.69, 9.17) is 0 Å². The summed E-state index contributed by atoms with van der Waals surface area (Å²) in [5, 5.41) is 3.16. The summed E-state index contributed by atoms with van der Waals surface area (Å²) in [4.78, 5) is 18.2. The predicted octanol–water partition coefficient (Wildman–Crippen LogP) is 4.81. The van der Waals surface area contributed by atoms with E-state index in [0.717, 1.165) is 10.4 Å². The van der Waals surface area contributed by atoms with Crippen molar-refractivity contribution in [2.24, 2.45) is 0 Å². The number of nitrogens with one attached hydrogen (secondary N) is 1. The highest BCUT2D eigenvalue weighted by atomic mass is 32.2. The Labute approximate surface area is 191 Å². The van der Waals surface area contributed by atoms with E-state index in [0.29, 0.717) is 17.2 Å². The van der Waals surface area contributed by atoms with Crippen molar-refractivity contribution in [1.82, 2.24) is 4.98 Å². The van der Waals surface area contributed by atoms with Crippen molar-refractivity contribution in [1.29, 1.82) is 0 Å². The standard InChI is InChI=1S/C24H21N3O3S2/c1-27(19-12-6-3-7-13-19)32(29,30)22-15-9-8-14-21(22)23(28)26-24-25-17-20(31-24)16-18-10-4-2-5-11-18/h2-15,17H,16H2,1H3,(H,25,26,28). The molecule has 1 amide bonds. The lowest BCUT2D eigenvalue weighted by Gasteiger charge is -2.21. The highest BCUT2D eigenvalue weighted by Gasteiger charge is 2.27. The number of sulfonamides is 1. The van der Waals surface area contributed by atoms with E-state index >= 15 is 0 Å². The third-order valence-corrected chi connectivity index (χ3v) is 7.64. The maximum atomic E-state index is 13.3. The molecule has 0 atom stereocenters. The summed E-state index contributed by atoms with van der Waals surface area (Å²) in [7, 11) is -2.47. The van der Waals surface area contributed by atoms with Crippen LogP contribution in [0.25, 0.3) is 0 Å². The van der Waals surface area contributed by atoms with Crippen LogP contribution in [-0.2, 0) is 16.4 Å². The average Bonchev–Trinajstić information content (AvgIpc) is 3.26. The third kappa shape index (κ3) is 4.71. The molecule has 1 heterocycles. The molecule has 1 aromatic heterocycles. The molecule has 0 saturated carbocycles. The van der Waals surface area contributed by atoms with Gasteiger partial charge < -0.3 is 0 Å². The van der Waals surface area contributed by atoms with Crippen LogP contribution in [0.15, 0.2) is 96.0 Å². The Morgan fingerprint density at radius 1 is 0.938 bits per heavy atom. The minimum atomic E-state index is -3.94. The zero-order valence-electron chi connectivity index (χ0n) is 17.3. The van der Waals surface area contributed by atoms with Crippen molar-refractivity contribution in [2.45, 2.75) is 11.3 Å². The van der Waals surface area contributed by atoms with Crippen molar-refractivity contribution in [3.05, 3.63) is 107 Å². The molecular formula is C24H21N3O3S2. The second-order valence-electron chi connectivity index (χ2n) is 7.05. The summed E-state index contributed by atoms with van der Waals surface area (Å²) < 4.78 is 27.7. The van der Waals surface area contributed by atoms with Gasteiger partial charge in [0.05, 0.1) is 11.3 Å². The summed E-state index contributed by atoms with van der Waals surface area (Å²) in [6.45, 7) is 0. The van der Waals surface area contributed by atoms with E-state index in [1.54, 1.807) is 42.6 Å². The molecule has 162 valence electrons. The summed E-state index contributed by atoms with van der Waals surface area (Å²) in [5.41, 5.74) is 1.72. The minimum Gasteiger partial charge on any atom is -0.298 e. The lowest BCUT2D eigenvalue weighted by atomic mass is 10.1. The molecular weight excluding hydrogens is 442 g/mol. The van der Waals surface area contributed by atoms with E-state index in [1.165, 1.54) is 34.8 Å². The Hall–Kier alpha value is -3.49. The van der Waals surface area contributed by atoms with Crippen molar-refractivity contribution >= 4 is 38.1 Å². The van der Waals surface area contributed by atoms with Crippen molar-refractivity contribution < 1.29 is 13.2 Å². The fourth-order valence-electron chi connectivity index (χ4n) is 3.21. The fourth-order valence-corrected chi connectivity index (χ4v) is 5.44. The molecule has 0 aliphatic heterocycles. The molecule has 8 heteroatoms. The lowest BCUT2D eigenvalue weighted by molar-refractivity contribution is 0.102. The molecule has 0 spiro atoms. The third-order valence-electron chi connectivity index (χ3n) is 4.89. The molecule has 0 fully saturated rings. The number of hydrogen-bond acceptors (Lipinski definition) is 5. The maximum absolute atomic E-state index is 13.3. The highest BCUT2D eigenvalue weighted by Crippen LogP contribution is 2.26. The smallest absolute Gasteiger partial charge is 0.264 e. The average molecular weight is 464 g/mol. The van der Waals surface area contributed by atoms with Crippen molar-refractivity contribution in [3.8, 4) is 0 Å². The van der Waals surface area contributed by atoms with Gasteiger partial charge >= 0.3 is 0 Å². The number of aromatic nitrogens is 1. The summed E-state index contributed by atoms with van der Waals surface area (Å²) in [6, 6.07) is 24.9.